The average molecular weight is 475 g/mol. The number of H-pyrrole nitrogens is 1. The van der Waals surface area contributed by atoms with Crippen LogP contribution in [0.5, 0.6) is 5.75 Å². The maximum atomic E-state index is 12.9. The second-order valence-electron chi connectivity index (χ2n) is 8.43. The standard InChI is InChI=1S/C26H26N4O3S/c1-33-20-11-9-17(10-12-20)14-27-24(31)19-8-5-13-30(15-19)26-28-22-21(18-6-3-2-4-7-18)16-34-23(22)25(32)29-26/h2-4,6-7,9-12,16,19H,5,8,13-15H2,1H3,(H,27,31)(H,28,29,32)/t19-/m1/s1. The van der Waals surface area contributed by atoms with Gasteiger partial charge in [-0.05, 0) is 36.1 Å². The van der Waals surface area contributed by atoms with Crippen molar-refractivity contribution in [3.8, 4) is 16.9 Å². The molecular formula is C26H26N4O3S. The molecule has 1 atom stereocenters. The molecule has 1 aliphatic heterocycles. The van der Waals surface area contributed by atoms with E-state index >= 15 is 0 Å². The molecule has 2 N–H and O–H groups in total. The Morgan fingerprint density at radius 1 is 1.21 bits per heavy atom. The third kappa shape index (κ3) is 4.54. The minimum Gasteiger partial charge on any atom is -0.497 e. The van der Waals surface area contributed by atoms with Crippen LogP contribution in [0.15, 0.2) is 64.8 Å². The van der Waals surface area contributed by atoms with E-state index in [1.807, 2.05) is 64.9 Å². The summed E-state index contributed by atoms with van der Waals surface area (Å²) in [5.41, 5.74) is 3.58. The summed E-state index contributed by atoms with van der Waals surface area (Å²) >= 11 is 1.41. The minimum absolute atomic E-state index is 0.0180. The molecule has 1 fully saturated rings. The van der Waals surface area contributed by atoms with Gasteiger partial charge in [0.05, 0.1) is 18.5 Å². The normalized spacial score (nSPS) is 15.9. The van der Waals surface area contributed by atoms with E-state index in [2.05, 4.69) is 10.3 Å². The number of hydrogen-bond donors (Lipinski definition) is 2. The SMILES string of the molecule is COc1ccc(CNC(=O)[C@@H]2CCCN(c3nc4c(-c5ccccc5)csc4c(=O)[nH]3)C2)cc1. The summed E-state index contributed by atoms with van der Waals surface area (Å²) in [5.74, 6) is 1.17. The van der Waals surface area contributed by atoms with Gasteiger partial charge in [-0.1, -0.05) is 42.5 Å². The molecule has 0 radical (unpaired) electrons. The number of nitrogens with zero attached hydrogens (tertiary/aromatic N) is 2. The zero-order valence-corrected chi connectivity index (χ0v) is 19.7. The molecule has 2 aromatic carbocycles. The van der Waals surface area contributed by atoms with Gasteiger partial charge in [0.15, 0.2) is 0 Å². The summed E-state index contributed by atoms with van der Waals surface area (Å²) in [4.78, 5) is 35.5. The second kappa shape index (κ2) is 9.69. The van der Waals surface area contributed by atoms with Gasteiger partial charge in [-0.25, -0.2) is 4.98 Å². The van der Waals surface area contributed by atoms with Crippen molar-refractivity contribution >= 4 is 33.4 Å². The Morgan fingerprint density at radius 2 is 2.00 bits per heavy atom. The molecule has 0 unspecified atom stereocenters. The molecule has 7 nitrogen and oxygen atoms in total. The number of carbonyl (C=O) groups excluding carboxylic acids is 1. The van der Waals surface area contributed by atoms with Crippen molar-refractivity contribution in [1.82, 2.24) is 15.3 Å². The van der Waals surface area contributed by atoms with Gasteiger partial charge in [-0.3, -0.25) is 14.6 Å². The Labute approximate surface area is 201 Å². The largest absolute Gasteiger partial charge is 0.497 e. The number of ether oxygens (including phenoxy) is 1. The minimum atomic E-state index is -0.163. The number of carbonyl (C=O) groups is 1. The van der Waals surface area contributed by atoms with Crippen molar-refractivity contribution in [2.75, 3.05) is 25.1 Å². The summed E-state index contributed by atoms with van der Waals surface area (Å²) in [6, 6.07) is 17.6. The number of anilines is 1. The lowest BCUT2D eigenvalue weighted by molar-refractivity contribution is -0.125. The highest BCUT2D eigenvalue weighted by molar-refractivity contribution is 7.17. The van der Waals surface area contributed by atoms with Crippen LogP contribution in [0.4, 0.5) is 5.95 Å². The number of fused-ring (bicyclic) bond motifs is 1. The van der Waals surface area contributed by atoms with E-state index < -0.39 is 0 Å². The van der Waals surface area contributed by atoms with Crippen molar-refractivity contribution in [3.63, 3.8) is 0 Å². The van der Waals surface area contributed by atoms with E-state index in [1.54, 1.807) is 7.11 Å². The van der Waals surface area contributed by atoms with Crippen LogP contribution >= 0.6 is 11.3 Å². The van der Waals surface area contributed by atoms with Crippen LogP contribution in [0.1, 0.15) is 18.4 Å². The van der Waals surface area contributed by atoms with E-state index in [0.29, 0.717) is 29.3 Å². The van der Waals surface area contributed by atoms with E-state index in [0.717, 1.165) is 41.8 Å². The van der Waals surface area contributed by atoms with Gasteiger partial charge in [-0.15, -0.1) is 11.3 Å². The Bertz CT molecular complexity index is 1350. The molecule has 0 bridgehead atoms. The fourth-order valence-electron chi connectivity index (χ4n) is 4.35. The molecule has 4 aromatic rings. The molecule has 34 heavy (non-hydrogen) atoms. The molecule has 0 aliphatic carbocycles. The first-order valence-electron chi connectivity index (χ1n) is 11.3. The van der Waals surface area contributed by atoms with Crippen LogP contribution in [0, 0.1) is 5.92 Å². The van der Waals surface area contributed by atoms with Crippen molar-refractivity contribution in [2.24, 2.45) is 5.92 Å². The van der Waals surface area contributed by atoms with E-state index in [1.165, 1.54) is 11.3 Å². The summed E-state index contributed by atoms with van der Waals surface area (Å²) in [6.07, 6.45) is 1.67. The first-order valence-corrected chi connectivity index (χ1v) is 12.2. The highest BCUT2D eigenvalue weighted by atomic mass is 32.1. The van der Waals surface area contributed by atoms with Crippen LogP contribution in [0.3, 0.4) is 0 Å². The molecule has 0 saturated carbocycles. The highest BCUT2D eigenvalue weighted by Gasteiger charge is 2.27. The lowest BCUT2D eigenvalue weighted by atomic mass is 9.97. The van der Waals surface area contributed by atoms with Gasteiger partial charge in [0.25, 0.3) is 5.56 Å². The quantitative estimate of drug-likeness (QED) is 0.438. The zero-order chi connectivity index (χ0) is 23.5. The molecule has 1 amide bonds. The first-order chi connectivity index (χ1) is 16.6. The van der Waals surface area contributed by atoms with E-state index in [-0.39, 0.29) is 17.4 Å². The fourth-order valence-corrected chi connectivity index (χ4v) is 5.26. The highest BCUT2D eigenvalue weighted by Crippen LogP contribution is 2.32. The van der Waals surface area contributed by atoms with Crippen LogP contribution in [0.25, 0.3) is 21.3 Å². The zero-order valence-electron chi connectivity index (χ0n) is 18.9. The lowest BCUT2D eigenvalue weighted by Gasteiger charge is -2.32. The number of rotatable bonds is 6. The first kappa shape index (κ1) is 22.2. The van der Waals surface area contributed by atoms with Crippen LogP contribution < -0.4 is 20.5 Å². The van der Waals surface area contributed by atoms with E-state index in [4.69, 9.17) is 9.72 Å². The van der Waals surface area contributed by atoms with E-state index in [9.17, 15) is 9.59 Å². The Balaban J connectivity index is 1.32. The number of piperidine rings is 1. The number of nitrogens with one attached hydrogen (secondary N) is 2. The molecular weight excluding hydrogens is 448 g/mol. The Kier molecular flexibility index (Phi) is 6.31. The molecule has 3 heterocycles. The third-order valence-electron chi connectivity index (χ3n) is 6.22. The molecule has 0 spiro atoms. The van der Waals surface area contributed by atoms with Crippen LogP contribution in [-0.4, -0.2) is 36.1 Å². The third-order valence-corrected chi connectivity index (χ3v) is 7.18. The van der Waals surface area contributed by atoms with Crippen molar-refractivity contribution in [3.05, 3.63) is 75.9 Å². The summed E-state index contributed by atoms with van der Waals surface area (Å²) in [5, 5.41) is 5.03. The second-order valence-corrected chi connectivity index (χ2v) is 9.31. The van der Waals surface area contributed by atoms with Crippen molar-refractivity contribution < 1.29 is 9.53 Å². The molecule has 8 heteroatoms. The number of amides is 1. The van der Waals surface area contributed by atoms with Gasteiger partial charge in [0, 0.05) is 30.6 Å². The monoisotopic (exact) mass is 474 g/mol. The fraction of sp³-hybridized carbons (Fsp3) is 0.269. The topological polar surface area (TPSA) is 87.3 Å². The molecule has 1 saturated heterocycles. The van der Waals surface area contributed by atoms with Crippen molar-refractivity contribution in [2.45, 2.75) is 19.4 Å². The van der Waals surface area contributed by atoms with Crippen molar-refractivity contribution in [1.29, 1.82) is 0 Å². The predicted molar refractivity (Wildman–Crippen MR) is 135 cm³/mol. The number of aromatic nitrogens is 2. The predicted octanol–water partition coefficient (Wildman–Crippen LogP) is 4.19. The smallest absolute Gasteiger partial charge is 0.270 e. The van der Waals surface area contributed by atoms with Gasteiger partial charge in [0.2, 0.25) is 11.9 Å². The Morgan fingerprint density at radius 3 is 2.76 bits per heavy atom. The van der Waals surface area contributed by atoms with Crippen LogP contribution in [0.2, 0.25) is 0 Å². The number of benzene rings is 2. The molecule has 2 aromatic heterocycles. The summed E-state index contributed by atoms with van der Waals surface area (Å²) in [7, 11) is 1.63. The maximum absolute atomic E-state index is 12.9. The maximum Gasteiger partial charge on any atom is 0.270 e. The van der Waals surface area contributed by atoms with Gasteiger partial charge in [0.1, 0.15) is 10.4 Å². The lowest BCUT2D eigenvalue weighted by Crippen LogP contribution is -2.44. The van der Waals surface area contributed by atoms with Gasteiger partial charge < -0.3 is 15.0 Å². The van der Waals surface area contributed by atoms with Gasteiger partial charge in [-0.2, -0.15) is 0 Å². The number of thiophene rings is 1. The number of hydrogen-bond acceptors (Lipinski definition) is 6. The Hall–Kier alpha value is -3.65. The number of aromatic amines is 1. The molecule has 5 rings (SSSR count). The molecule has 1 aliphatic rings. The van der Waals surface area contributed by atoms with Gasteiger partial charge >= 0.3 is 0 Å². The van der Waals surface area contributed by atoms with Crippen LogP contribution in [-0.2, 0) is 11.3 Å². The molecule has 174 valence electrons. The average Bonchev–Trinajstić information content (AvgIpc) is 3.33. The summed E-state index contributed by atoms with van der Waals surface area (Å²) < 4.78 is 5.80. The summed E-state index contributed by atoms with van der Waals surface area (Å²) in [6.45, 7) is 1.74. The number of methoxy groups -OCH3 is 1.